The Labute approximate surface area is 135 Å². The fourth-order valence-electron chi connectivity index (χ4n) is 2.40. The van der Waals surface area contributed by atoms with Crippen LogP contribution >= 0.6 is 11.3 Å². The first kappa shape index (κ1) is 16.9. The van der Waals surface area contributed by atoms with E-state index in [2.05, 4.69) is 22.1 Å². The first-order valence-electron chi connectivity index (χ1n) is 7.76. The molecule has 1 aliphatic rings. The van der Waals surface area contributed by atoms with Gasteiger partial charge in [0.15, 0.2) is 5.13 Å². The lowest BCUT2D eigenvalue weighted by atomic mass is 10.1. The van der Waals surface area contributed by atoms with E-state index < -0.39 is 0 Å². The van der Waals surface area contributed by atoms with Crippen molar-refractivity contribution in [3.8, 4) is 0 Å². The van der Waals surface area contributed by atoms with E-state index in [1.54, 1.807) is 5.38 Å². The molecule has 1 N–H and O–H groups in total. The Morgan fingerprint density at radius 3 is 2.59 bits per heavy atom. The van der Waals surface area contributed by atoms with E-state index in [0.717, 1.165) is 32.7 Å². The van der Waals surface area contributed by atoms with Crippen molar-refractivity contribution in [2.45, 2.75) is 27.2 Å². The maximum absolute atomic E-state index is 12.4. The lowest BCUT2D eigenvalue weighted by Crippen LogP contribution is -2.48. The number of carbonyl (C=O) groups is 2. The topological polar surface area (TPSA) is 65.5 Å². The quantitative estimate of drug-likeness (QED) is 0.898. The largest absolute Gasteiger partial charge is 0.335 e. The van der Waals surface area contributed by atoms with E-state index in [1.807, 2.05) is 18.7 Å². The summed E-state index contributed by atoms with van der Waals surface area (Å²) in [5, 5.41) is 4.98. The average Bonchev–Trinajstić information content (AvgIpc) is 2.94. The van der Waals surface area contributed by atoms with Crippen molar-refractivity contribution in [3.05, 3.63) is 11.1 Å². The molecule has 1 aromatic rings. The number of amides is 2. The molecule has 2 heterocycles. The molecular formula is C15H24N4O2S. The Morgan fingerprint density at radius 1 is 1.32 bits per heavy atom. The zero-order valence-electron chi connectivity index (χ0n) is 13.5. The van der Waals surface area contributed by atoms with Crippen molar-refractivity contribution in [1.29, 1.82) is 0 Å². The predicted octanol–water partition coefficient (Wildman–Crippen LogP) is 1.91. The van der Waals surface area contributed by atoms with Gasteiger partial charge < -0.3 is 15.1 Å². The van der Waals surface area contributed by atoms with Gasteiger partial charge in [0.25, 0.3) is 5.91 Å². The SMILES string of the molecule is CCN1CCN(C(=O)c2csc(NC(=O)CC(C)C)n2)CC1. The molecule has 0 saturated carbocycles. The number of anilines is 1. The number of hydrogen-bond acceptors (Lipinski definition) is 5. The second-order valence-electron chi connectivity index (χ2n) is 5.91. The van der Waals surface area contributed by atoms with Crippen LogP contribution in [0, 0.1) is 5.92 Å². The number of nitrogens with zero attached hydrogens (tertiary/aromatic N) is 3. The molecule has 0 radical (unpaired) electrons. The van der Waals surface area contributed by atoms with Crippen LogP contribution in [-0.4, -0.2) is 59.3 Å². The summed E-state index contributed by atoms with van der Waals surface area (Å²) in [5.74, 6) is 0.201. The molecule has 1 aromatic heterocycles. The van der Waals surface area contributed by atoms with E-state index in [1.165, 1.54) is 11.3 Å². The Morgan fingerprint density at radius 2 is 2.00 bits per heavy atom. The van der Waals surface area contributed by atoms with Gasteiger partial charge in [0.05, 0.1) is 0 Å². The van der Waals surface area contributed by atoms with Crippen molar-refractivity contribution >= 4 is 28.3 Å². The minimum absolute atomic E-state index is 0.0450. The number of nitrogens with one attached hydrogen (secondary N) is 1. The van der Waals surface area contributed by atoms with Gasteiger partial charge in [-0.05, 0) is 12.5 Å². The molecular weight excluding hydrogens is 300 g/mol. The van der Waals surface area contributed by atoms with Crippen LogP contribution in [0.15, 0.2) is 5.38 Å². The van der Waals surface area contributed by atoms with Gasteiger partial charge in [-0.1, -0.05) is 20.8 Å². The molecule has 2 rings (SSSR count). The van der Waals surface area contributed by atoms with E-state index in [4.69, 9.17) is 0 Å². The normalized spacial score (nSPS) is 16.1. The van der Waals surface area contributed by atoms with Crippen LogP contribution in [0.4, 0.5) is 5.13 Å². The van der Waals surface area contributed by atoms with E-state index in [-0.39, 0.29) is 11.8 Å². The first-order valence-corrected chi connectivity index (χ1v) is 8.64. The summed E-state index contributed by atoms with van der Waals surface area (Å²) in [6.45, 7) is 10.4. The third kappa shape index (κ3) is 4.51. The molecule has 1 saturated heterocycles. The van der Waals surface area contributed by atoms with Gasteiger partial charge in [-0.2, -0.15) is 0 Å². The maximum atomic E-state index is 12.4. The van der Waals surface area contributed by atoms with Gasteiger partial charge in [-0.3, -0.25) is 9.59 Å². The summed E-state index contributed by atoms with van der Waals surface area (Å²) >= 11 is 1.30. The standard InChI is InChI=1S/C15H24N4O2S/c1-4-18-5-7-19(8-6-18)14(21)12-10-22-15(16-12)17-13(20)9-11(2)3/h10-11H,4-9H2,1-3H3,(H,16,17,20). The van der Waals surface area contributed by atoms with Crippen LogP contribution < -0.4 is 5.32 Å². The van der Waals surface area contributed by atoms with Crippen molar-refractivity contribution in [2.24, 2.45) is 5.92 Å². The number of rotatable bonds is 5. The number of thiazole rings is 1. The number of hydrogen-bond donors (Lipinski definition) is 1. The summed E-state index contributed by atoms with van der Waals surface area (Å²) in [5.41, 5.74) is 0.426. The molecule has 1 fully saturated rings. The average molecular weight is 324 g/mol. The van der Waals surface area contributed by atoms with Gasteiger partial charge in [-0.15, -0.1) is 11.3 Å². The second-order valence-corrected chi connectivity index (χ2v) is 6.77. The minimum atomic E-state index is -0.0556. The van der Waals surface area contributed by atoms with Crippen LogP contribution in [0.3, 0.4) is 0 Å². The summed E-state index contributed by atoms with van der Waals surface area (Å²) in [6.07, 6.45) is 0.460. The molecule has 0 aliphatic carbocycles. The molecule has 0 unspecified atom stereocenters. The minimum Gasteiger partial charge on any atom is -0.335 e. The molecule has 0 atom stereocenters. The van der Waals surface area contributed by atoms with Gasteiger partial charge in [-0.25, -0.2) is 4.98 Å². The molecule has 1 aliphatic heterocycles. The van der Waals surface area contributed by atoms with Gasteiger partial charge >= 0.3 is 0 Å². The molecule has 7 heteroatoms. The number of likely N-dealkylation sites (N-methyl/N-ethyl adjacent to an activating group) is 1. The zero-order valence-corrected chi connectivity index (χ0v) is 14.3. The van der Waals surface area contributed by atoms with Crippen molar-refractivity contribution in [1.82, 2.24) is 14.8 Å². The van der Waals surface area contributed by atoms with Gasteiger partial charge in [0, 0.05) is 38.0 Å². The van der Waals surface area contributed by atoms with Crippen LogP contribution in [0.1, 0.15) is 37.7 Å². The predicted molar refractivity (Wildman–Crippen MR) is 88.2 cm³/mol. The van der Waals surface area contributed by atoms with Crippen molar-refractivity contribution in [2.75, 3.05) is 38.0 Å². The molecule has 0 spiro atoms. The lowest BCUT2D eigenvalue weighted by Gasteiger charge is -2.33. The summed E-state index contributed by atoms with van der Waals surface area (Å²) in [4.78, 5) is 32.5. The van der Waals surface area contributed by atoms with Gasteiger partial charge in [0.2, 0.25) is 5.91 Å². The van der Waals surface area contributed by atoms with Crippen molar-refractivity contribution < 1.29 is 9.59 Å². The second kappa shape index (κ2) is 7.69. The van der Waals surface area contributed by atoms with Crippen LogP contribution in [0.5, 0.6) is 0 Å². The first-order chi connectivity index (χ1) is 10.5. The van der Waals surface area contributed by atoms with E-state index in [9.17, 15) is 9.59 Å². The third-order valence-electron chi connectivity index (χ3n) is 3.67. The molecule has 0 bridgehead atoms. The number of carbonyl (C=O) groups excluding carboxylic acids is 2. The highest BCUT2D eigenvalue weighted by atomic mass is 32.1. The van der Waals surface area contributed by atoms with Crippen molar-refractivity contribution in [3.63, 3.8) is 0 Å². The zero-order chi connectivity index (χ0) is 16.1. The van der Waals surface area contributed by atoms with E-state index >= 15 is 0 Å². The highest BCUT2D eigenvalue weighted by molar-refractivity contribution is 7.14. The fraction of sp³-hybridized carbons (Fsp3) is 0.667. The molecule has 22 heavy (non-hydrogen) atoms. The van der Waals surface area contributed by atoms with Crippen LogP contribution in [0.25, 0.3) is 0 Å². The molecule has 0 aromatic carbocycles. The van der Waals surface area contributed by atoms with Crippen LogP contribution in [-0.2, 0) is 4.79 Å². The Hall–Kier alpha value is -1.47. The Balaban J connectivity index is 1.90. The van der Waals surface area contributed by atoms with Gasteiger partial charge in [0.1, 0.15) is 5.69 Å². The Kier molecular flexibility index (Phi) is 5.90. The number of piperazine rings is 1. The summed E-state index contributed by atoms with van der Waals surface area (Å²) in [7, 11) is 0. The number of aromatic nitrogens is 1. The molecule has 6 nitrogen and oxygen atoms in total. The lowest BCUT2D eigenvalue weighted by molar-refractivity contribution is -0.116. The summed E-state index contributed by atoms with van der Waals surface area (Å²) < 4.78 is 0. The Bertz CT molecular complexity index is 521. The highest BCUT2D eigenvalue weighted by Gasteiger charge is 2.23. The van der Waals surface area contributed by atoms with E-state index in [0.29, 0.717) is 23.2 Å². The van der Waals surface area contributed by atoms with Crippen LogP contribution in [0.2, 0.25) is 0 Å². The summed E-state index contributed by atoms with van der Waals surface area (Å²) in [6, 6.07) is 0. The molecule has 122 valence electrons. The monoisotopic (exact) mass is 324 g/mol. The third-order valence-corrected chi connectivity index (χ3v) is 4.43. The molecule has 2 amide bonds. The smallest absolute Gasteiger partial charge is 0.273 e. The highest BCUT2D eigenvalue weighted by Crippen LogP contribution is 2.18. The fourth-order valence-corrected chi connectivity index (χ4v) is 3.10. The maximum Gasteiger partial charge on any atom is 0.273 e.